The second-order valence-corrected chi connectivity index (χ2v) is 6.71. The molecule has 1 saturated carbocycles. The smallest absolute Gasteiger partial charge is 0.140 e. The lowest BCUT2D eigenvalue weighted by Gasteiger charge is -2.18. The highest BCUT2D eigenvalue weighted by atomic mass is 79.9. The summed E-state index contributed by atoms with van der Waals surface area (Å²) < 4.78 is 2.04. The second kappa shape index (κ2) is 6.19. The maximum Gasteiger partial charge on any atom is 0.140 e. The number of rotatable bonds is 2. The van der Waals surface area contributed by atoms with E-state index in [1.807, 2.05) is 12.3 Å². The van der Waals surface area contributed by atoms with Gasteiger partial charge in [-0.2, -0.15) is 0 Å². The molecule has 17 heavy (non-hydrogen) atoms. The number of hydrogen-bond acceptors (Lipinski definition) is 2. The first-order chi connectivity index (χ1) is 8.15. The molecule has 1 aliphatic carbocycles. The molecule has 1 aliphatic rings. The molecule has 0 aliphatic heterocycles. The van der Waals surface area contributed by atoms with E-state index in [2.05, 4.69) is 49.1 Å². The van der Waals surface area contributed by atoms with E-state index in [0.717, 1.165) is 20.7 Å². The van der Waals surface area contributed by atoms with Crippen LogP contribution in [-0.2, 0) is 0 Å². The van der Waals surface area contributed by atoms with Crippen molar-refractivity contribution in [1.29, 1.82) is 0 Å². The molecule has 1 aromatic heterocycles. The predicted molar refractivity (Wildman–Crippen MR) is 79.3 cm³/mol. The topological polar surface area (TPSA) is 24.9 Å². The quantitative estimate of drug-likeness (QED) is 0.750. The van der Waals surface area contributed by atoms with Crippen molar-refractivity contribution in [3.8, 4) is 0 Å². The van der Waals surface area contributed by atoms with Crippen molar-refractivity contribution in [3.63, 3.8) is 0 Å². The summed E-state index contributed by atoms with van der Waals surface area (Å²) in [6, 6.07) is 2.61. The van der Waals surface area contributed by atoms with Crippen LogP contribution in [0.25, 0.3) is 0 Å². The van der Waals surface area contributed by atoms with Crippen LogP contribution >= 0.6 is 31.9 Å². The van der Waals surface area contributed by atoms with Gasteiger partial charge in [0.15, 0.2) is 0 Å². The molecule has 0 saturated heterocycles. The Morgan fingerprint density at radius 3 is 2.82 bits per heavy atom. The summed E-state index contributed by atoms with van der Waals surface area (Å²) in [4.78, 5) is 4.42. The van der Waals surface area contributed by atoms with Crippen LogP contribution < -0.4 is 5.32 Å². The summed E-state index contributed by atoms with van der Waals surface area (Å²) in [5.74, 6) is 1.84. The molecule has 0 spiro atoms. The Morgan fingerprint density at radius 2 is 2.06 bits per heavy atom. The maximum atomic E-state index is 4.42. The Bertz CT molecular complexity index is 382. The van der Waals surface area contributed by atoms with Crippen molar-refractivity contribution in [2.24, 2.45) is 5.92 Å². The Kier molecular flexibility index (Phi) is 4.86. The van der Waals surface area contributed by atoms with Crippen molar-refractivity contribution in [3.05, 3.63) is 21.2 Å². The molecule has 2 unspecified atom stereocenters. The molecule has 0 amide bonds. The van der Waals surface area contributed by atoms with Gasteiger partial charge < -0.3 is 5.32 Å². The van der Waals surface area contributed by atoms with E-state index < -0.39 is 0 Å². The Labute approximate surface area is 120 Å². The summed E-state index contributed by atoms with van der Waals surface area (Å²) in [5, 5.41) is 3.56. The van der Waals surface area contributed by atoms with Gasteiger partial charge in [0, 0.05) is 16.7 Å². The van der Waals surface area contributed by atoms with Crippen LogP contribution in [0.1, 0.15) is 39.0 Å². The van der Waals surface area contributed by atoms with Crippen molar-refractivity contribution < 1.29 is 0 Å². The molecule has 0 aromatic carbocycles. The fourth-order valence-corrected chi connectivity index (χ4v) is 3.45. The first kappa shape index (κ1) is 13.3. The SMILES string of the molecule is CC1CCCC(Nc2ncc(Br)cc2Br)CC1. The third-order valence-electron chi connectivity index (χ3n) is 3.41. The van der Waals surface area contributed by atoms with Crippen molar-refractivity contribution in [2.75, 3.05) is 5.32 Å². The summed E-state index contributed by atoms with van der Waals surface area (Å²) in [6.45, 7) is 2.36. The highest BCUT2D eigenvalue weighted by Crippen LogP contribution is 2.28. The van der Waals surface area contributed by atoms with Crippen LogP contribution in [0.15, 0.2) is 21.2 Å². The normalized spacial score (nSPS) is 25.4. The number of pyridine rings is 1. The van der Waals surface area contributed by atoms with Gasteiger partial charge in [-0.3, -0.25) is 0 Å². The highest BCUT2D eigenvalue weighted by molar-refractivity contribution is 9.11. The summed E-state index contributed by atoms with van der Waals surface area (Å²) >= 11 is 6.97. The predicted octanol–water partition coefficient (Wildman–Crippen LogP) is 4.99. The van der Waals surface area contributed by atoms with E-state index in [1.165, 1.54) is 32.1 Å². The maximum absolute atomic E-state index is 4.42. The Morgan fingerprint density at radius 1 is 1.24 bits per heavy atom. The zero-order chi connectivity index (χ0) is 12.3. The van der Waals surface area contributed by atoms with E-state index in [4.69, 9.17) is 0 Å². The minimum Gasteiger partial charge on any atom is -0.366 e. The van der Waals surface area contributed by atoms with Gasteiger partial charge in [-0.1, -0.05) is 19.8 Å². The third kappa shape index (κ3) is 3.95. The number of nitrogens with one attached hydrogen (secondary N) is 1. The zero-order valence-corrected chi connectivity index (χ0v) is 13.2. The first-order valence-electron chi connectivity index (χ1n) is 6.22. The molecule has 2 rings (SSSR count). The number of nitrogens with zero attached hydrogens (tertiary/aromatic N) is 1. The lowest BCUT2D eigenvalue weighted by Crippen LogP contribution is -2.19. The van der Waals surface area contributed by atoms with Crippen molar-refractivity contribution in [1.82, 2.24) is 4.98 Å². The molecule has 1 aromatic rings. The zero-order valence-electron chi connectivity index (χ0n) is 10.0. The standard InChI is InChI=1S/C13H18Br2N2/c1-9-3-2-4-11(6-5-9)17-13-12(15)7-10(14)8-16-13/h7-9,11H,2-6H2,1H3,(H,16,17). The number of hydrogen-bond donors (Lipinski definition) is 1. The molecule has 0 radical (unpaired) electrons. The first-order valence-corrected chi connectivity index (χ1v) is 7.81. The van der Waals surface area contributed by atoms with Gasteiger partial charge in [-0.25, -0.2) is 4.98 Å². The van der Waals surface area contributed by atoms with E-state index in [1.54, 1.807) is 0 Å². The van der Waals surface area contributed by atoms with Crippen LogP contribution in [0, 0.1) is 5.92 Å². The molecule has 1 fully saturated rings. The van der Waals surface area contributed by atoms with Gasteiger partial charge in [0.1, 0.15) is 5.82 Å². The van der Waals surface area contributed by atoms with Crippen LogP contribution in [0.5, 0.6) is 0 Å². The fraction of sp³-hybridized carbons (Fsp3) is 0.615. The minimum atomic E-state index is 0.574. The van der Waals surface area contributed by atoms with Crippen LogP contribution in [0.4, 0.5) is 5.82 Å². The van der Waals surface area contributed by atoms with Crippen LogP contribution in [0.2, 0.25) is 0 Å². The summed E-state index contributed by atoms with van der Waals surface area (Å²) in [7, 11) is 0. The summed E-state index contributed by atoms with van der Waals surface area (Å²) in [5.41, 5.74) is 0. The number of aromatic nitrogens is 1. The molecule has 2 nitrogen and oxygen atoms in total. The monoisotopic (exact) mass is 360 g/mol. The number of halogens is 2. The highest BCUT2D eigenvalue weighted by Gasteiger charge is 2.17. The van der Waals surface area contributed by atoms with Gasteiger partial charge in [0.25, 0.3) is 0 Å². The van der Waals surface area contributed by atoms with Crippen molar-refractivity contribution >= 4 is 37.7 Å². The Balaban J connectivity index is 2.00. The molecule has 1 N–H and O–H groups in total. The van der Waals surface area contributed by atoms with E-state index in [-0.39, 0.29) is 0 Å². The van der Waals surface area contributed by atoms with Gasteiger partial charge >= 0.3 is 0 Å². The Hall–Kier alpha value is -0.0900. The molecular formula is C13H18Br2N2. The molecule has 2 atom stereocenters. The molecule has 94 valence electrons. The molecular weight excluding hydrogens is 344 g/mol. The average molecular weight is 362 g/mol. The van der Waals surface area contributed by atoms with E-state index >= 15 is 0 Å². The fourth-order valence-electron chi connectivity index (χ4n) is 2.35. The average Bonchev–Trinajstić information content (AvgIpc) is 2.48. The largest absolute Gasteiger partial charge is 0.366 e. The molecule has 0 bridgehead atoms. The van der Waals surface area contributed by atoms with Crippen LogP contribution in [-0.4, -0.2) is 11.0 Å². The van der Waals surface area contributed by atoms with Crippen LogP contribution in [0.3, 0.4) is 0 Å². The second-order valence-electron chi connectivity index (χ2n) is 4.94. The molecule has 1 heterocycles. The lowest BCUT2D eigenvalue weighted by atomic mass is 10.0. The number of anilines is 1. The van der Waals surface area contributed by atoms with E-state index in [9.17, 15) is 0 Å². The lowest BCUT2D eigenvalue weighted by molar-refractivity contribution is 0.502. The van der Waals surface area contributed by atoms with Gasteiger partial charge in [0.05, 0.1) is 4.47 Å². The van der Waals surface area contributed by atoms with Gasteiger partial charge in [-0.15, -0.1) is 0 Å². The van der Waals surface area contributed by atoms with Gasteiger partial charge in [-0.05, 0) is 63.1 Å². The summed E-state index contributed by atoms with van der Waals surface area (Å²) in [6.07, 6.45) is 8.37. The van der Waals surface area contributed by atoms with E-state index in [0.29, 0.717) is 6.04 Å². The van der Waals surface area contributed by atoms with Crippen molar-refractivity contribution in [2.45, 2.75) is 45.1 Å². The molecule has 4 heteroatoms. The third-order valence-corrected chi connectivity index (χ3v) is 4.44. The van der Waals surface area contributed by atoms with Gasteiger partial charge in [0.2, 0.25) is 0 Å². The minimum absolute atomic E-state index is 0.574.